The molecule has 2 unspecified atom stereocenters. The first-order valence-electron chi connectivity index (χ1n) is 9.39. The van der Waals surface area contributed by atoms with Crippen molar-refractivity contribution in [3.05, 3.63) is 35.7 Å². The molecule has 31 heavy (non-hydrogen) atoms. The molecule has 2 aliphatic rings. The van der Waals surface area contributed by atoms with Crippen LogP contribution in [0.3, 0.4) is 0 Å². The van der Waals surface area contributed by atoms with Crippen molar-refractivity contribution in [3.63, 3.8) is 0 Å². The van der Waals surface area contributed by atoms with Gasteiger partial charge in [-0.15, -0.1) is 11.8 Å². The number of carboxylic acids is 1. The number of carboxylic acid groups (broad SMARTS) is 1. The lowest BCUT2D eigenvalue weighted by Gasteiger charge is -2.49. The van der Waals surface area contributed by atoms with E-state index in [2.05, 4.69) is 20.8 Å². The topological polar surface area (TPSA) is 150 Å². The van der Waals surface area contributed by atoms with Gasteiger partial charge in [0.2, 0.25) is 6.41 Å². The van der Waals surface area contributed by atoms with Crippen LogP contribution in [-0.2, 0) is 24.0 Å². The number of hydrogen-bond donors (Lipinski definition) is 3. The Hall–Kier alpha value is -3.41. The molecule has 0 saturated carbocycles. The number of hydrogen-bond acceptors (Lipinski definition) is 8. The third-order valence-electron chi connectivity index (χ3n) is 4.32. The zero-order valence-electron chi connectivity index (χ0n) is 16.9. The molecular weight excluding hydrogens is 426 g/mol. The first-order valence-corrected chi connectivity index (χ1v) is 10.3. The Morgan fingerprint density at radius 3 is 2.77 bits per heavy atom. The molecule has 1 aromatic heterocycles. The van der Waals surface area contributed by atoms with Gasteiger partial charge in [0.1, 0.15) is 34.7 Å². The molecule has 0 spiro atoms. The smallest absolute Gasteiger partial charge is 0.352 e. The molecule has 3 heterocycles. The number of carbonyl (C=O) groups excluding carboxylic acids is 3. The van der Waals surface area contributed by atoms with Crippen molar-refractivity contribution in [3.8, 4) is 0 Å². The standard InChI is InChI=1S/C19H21N5O6S/c1-9(2)30-23-14(11-5-4-6-13(21-11)20-8-25)16(26)22-15-17(27)24-12(19(28)29)7-10(3)31-18(15)24/h4-10,15,18H,1-3H3,(H,22,26)(H,28,29)(H,20,21,25)/t10?,15?,18-/m0/s1. The lowest BCUT2D eigenvalue weighted by molar-refractivity contribution is -0.150. The van der Waals surface area contributed by atoms with Gasteiger partial charge in [-0.3, -0.25) is 19.3 Å². The lowest BCUT2D eigenvalue weighted by Crippen LogP contribution is -2.71. The van der Waals surface area contributed by atoms with Gasteiger partial charge >= 0.3 is 5.97 Å². The Kier molecular flexibility index (Phi) is 6.59. The zero-order chi connectivity index (χ0) is 22.7. The van der Waals surface area contributed by atoms with Crippen LogP contribution >= 0.6 is 11.8 Å². The molecule has 3 rings (SSSR count). The maximum absolute atomic E-state index is 13.0. The highest BCUT2D eigenvalue weighted by atomic mass is 32.2. The van der Waals surface area contributed by atoms with E-state index in [0.29, 0.717) is 6.41 Å². The average molecular weight is 447 g/mol. The fourth-order valence-electron chi connectivity index (χ4n) is 3.01. The van der Waals surface area contributed by atoms with Crippen LogP contribution in [0.4, 0.5) is 5.82 Å². The first kappa shape index (κ1) is 22.3. The quantitative estimate of drug-likeness (QED) is 0.226. The van der Waals surface area contributed by atoms with Crippen LogP contribution in [0.2, 0.25) is 0 Å². The monoisotopic (exact) mass is 447 g/mol. The average Bonchev–Trinajstić information content (AvgIpc) is 2.71. The molecule has 0 radical (unpaired) electrons. The molecule has 3 N–H and O–H groups in total. The van der Waals surface area contributed by atoms with Gasteiger partial charge in [-0.25, -0.2) is 9.78 Å². The van der Waals surface area contributed by atoms with E-state index in [1.54, 1.807) is 19.9 Å². The summed E-state index contributed by atoms with van der Waals surface area (Å²) in [6, 6.07) is 3.69. The van der Waals surface area contributed by atoms with Crippen LogP contribution in [0.1, 0.15) is 26.5 Å². The number of carbonyl (C=O) groups is 4. The molecule has 164 valence electrons. The number of nitrogens with one attached hydrogen (secondary N) is 2. The van der Waals surface area contributed by atoms with Crippen molar-refractivity contribution in [1.29, 1.82) is 0 Å². The second-order valence-electron chi connectivity index (χ2n) is 7.01. The van der Waals surface area contributed by atoms with E-state index in [9.17, 15) is 24.3 Å². The molecule has 2 aliphatic heterocycles. The summed E-state index contributed by atoms with van der Waals surface area (Å²) in [5.74, 6) is -2.24. The highest BCUT2D eigenvalue weighted by Gasteiger charge is 2.54. The molecule has 12 heteroatoms. The van der Waals surface area contributed by atoms with Gasteiger partial charge in [0.25, 0.3) is 11.8 Å². The van der Waals surface area contributed by atoms with Gasteiger partial charge in [-0.1, -0.05) is 11.2 Å². The Labute approximate surface area is 181 Å². The minimum Gasteiger partial charge on any atom is -0.477 e. The van der Waals surface area contributed by atoms with Gasteiger partial charge in [0.15, 0.2) is 5.71 Å². The van der Waals surface area contributed by atoms with Gasteiger partial charge in [-0.2, -0.15) is 0 Å². The number of oxime groups is 1. The molecule has 3 atom stereocenters. The predicted octanol–water partition coefficient (Wildman–Crippen LogP) is 0.536. The number of thioether (sulfide) groups is 1. The molecule has 0 bridgehead atoms. The van der Waals surface area contributed by atoms with E-state index in [-0.39, 0.29) is 34.3 Å². The number of nitrogens with zero attached hydrogens (tertiary/aromatic N) is 3. The fourth-order valence-corrected chi connectivity index (χ4v) is 4.34. The number of aliphatic carboxylic acids is 1. The highest BCUT2D eigenvalue weighted by molar-refractivity contribution is 8.00. The summed E-state index contributed by atoms with van der Waals surface area (Å²) in [5.41, 5.74) is -0.153. The lowest BCUT2D eigenvalue weighted by atomic mass is 10.0. The summed E-state index contributed by atoms with van der Waals surface area (Å²) >= 11 is 1.36. The van der Waals surface area contributed by atoms with E-state index in [1.807, 2.05) is 6.92 Å². The van der Waals surface area contributed by atoms with Crippen molar-refractivity contribution in [2.45, 2.75) is 43.5 Å². The third-order valence-corrected chi connectivity index (χ3v) is 5.65. The van der Waals surface area contributed by atoms with Gasteiger partial charge < -0.3 is 20.6 Å². The number of pyridine rings is 1. The molecule has 1 fully saturated rings. The molecule has 0 aromatic carbocycles. The van der Waals surface area contributed by atoms with Crippen LogP contribution in [0, 0.1) is 0 Å². The first-order chi connectivity index (χ1) is 14.7. The van der Waals surface area contributed by atoms with Crippen LogP contribution in [-0.4, -0.2) is 67.7 Å². The van der Waals surface area contributed by atoms with Gasteiger partial charge in [0, 0.05) is 5.25 Å². The Morgan fingerprint density at radius 2 is 2.13 bits per heavy atom. The van der Waals surface area contributed by atoms with Crippen LogP contribution in [0.15, 0.2) is 35.1 Å². The van der Waals surface area contributed by atoms with Gasteiger partial charge in [-0.05, 0) is 39.0 Å². The largest absolute Gasteiger partial charge is 0.477 e. The number of aromatic nitrogens is 1. The number of β-lactam (4-membered cyclic amide) rings is 1. The molecule has 1 aromatic rings. The van der Waals surface area contributed by atoms with Crippen LogP contribution in [0.25, 0.3) is 0 Å². The molecule has 1 saturated heterocycles. The second kappa shape index (κ2) is 9.16. The van der Waals surface area contributed by atoms with Crippen LogP contribution < -0.4 is 10.6 Å². The van der Waals surface area contributed by atoms with E-state index >= 15 is 0 Å². The van der Waals surface area contributed by atoms with Crippen molar-refractivity contribution < 1.29 is 29.1 Å². The summed E-state index contributed by atoms with van der Waals surface area (Å²) in [6.45, 7) is 5.26. The second-order valence-corrected chi connectivity index (χ2v) is 8.51. The summed E-state index contributed by atoms with van der Waals surface area (Å²) in [7, 11) is 0. The SMILES string of the molecule is CC(C)ON=C(C(=O)NC1C(=O)N2C(C(=O)O)=CC(C)S[C@@H]12)c1cccc(NC=O)n1. The number of amides is 3. The molecular formula is C19H21N5O6S. The maximum Gasteiger partial charge on any atom is 0.352 e. The normalized spacial score (nSPS) is 22.8. The Morgan fingerprint density at radius 1 is 1.39 bits per heavy atom. The van der Waals surface area contributed by atoms with Crippen molar-refractivity contribution >= 4 is 47.5 Å². The van der Waals surface area contributed by atoms with E-state index in [4.69, 9.17) is 4.84 Å². The van der Waals surface area contributed by atoms with E-state index < -0.39 is 29.2 Å². The molecule has 0 aliphatic carbocycles. The van der Waals surface area contributed by atoms with Crippen molar-refractivity contribution in [2.75, 3.05) is 5.32 Å². The minimum atomic E-state index is -1.20. The number of anilines is 1. The van der Waals surface area contributed by atoms with Crippen molar-refractivity contribution in [1.82, 2.24) is 15.2 Å². The van der Waals surface area contributed by atoms with Crippen LogP contribution in [0.5, 0.6) is 0 Å². The summed E-state index contributed by atoms with van der Waals surface area (Å²) < 4.78 is 0. The minimum absolute atomic E-state index is 0.0990. The summed E-state index contributed by atoms with van der Waals surface area (Å²) in [4.78, 5) is 58.2. The Balaban J connectivity index is 1.83. The van der Waals surface area contributed by atoms with Gasteiger partial charge in [0.05, 0.1) is 0 Å². The highest BCUT2D eigenvalue weighted by Crippen LogP contribution is 2.40. The fraction of sp³-hybridized carbons (Fsp3) is 0.368. The molecule has 11 nitrogen and oxygen atoms in total. The van der Waals surface area contributed by atoms with Crippen molar-refractivity contribution in [2.24, 2.45) is 5.16 Å². The predicted molar refractivity (Wildman–Crippen MR) is 112 cm³/mol. The Bertz CT molecular complexity index is 978. The molecule has 3 amide bonds. The maximum atomic E-state index is 13.0. The van der Waals surface area contributed by atoms with E-state index in [0.717, 1.165) is 4.90 Å². The van der Waals surface area contributed by atoms with E-state index in [1.165, 1.54) is 30.0 Å². The summed E-state index contributed by atoms with van der Waals surface area (Å²) in [6.07, 6.45) is 1.63. The summed E-state index contributed by atoms with van der Waals surface area (Å²) in [5, 5.41) is 17.5. The number of rotatable bonds is 8. The number of fused-ring (bicyclic) bond motifs is 1. The zero-order valence-corrected chi connectivity index (χ0v) is 17.8. The third kappa shape index (κ3) is 4.68.